The number of aromatic nitrogens is 3. The minimum Gasteiger partial charge on any atom is -0.381 e. The fourth-order valence-electron chi connectivity index (χ4n) is 2.42. The van der Waals surface area contributed by atoms with Crippen molar-refractivity contribution < 1.29 is 9.53 Å². The number of hydrogen-bond acceptors (Lipinski definition) is 6. The predicted octanol–water partition coefficient (Wildman–Crippen LogP) is 2.40. The zero-order chi connectivity index (χ0) is 15.2. The molecule has 0 aromatic carbocycles. The Morgan fingerprint density at radius 3 is 2.86 bits per heavy atom. The average molecular weight is 318 g/mol. The largest absolute Gasteiger partial charge is 0.381 e. The van der Waals surface area contributed by atoms with E-state index in [2.05, 4.69) is 20.3 Å². The van der Waals surface area contributed by atoms with Gasteiger partial charge in [0.15, 0.2) is 5.13 Å². The molecule has 1 amide bonds. The summed E-state index contributed by atoms with van der Waals surface area (Å²) in [5.41, 5.74) is 2.03. The SMILES string of the molecule is O=C(CCc1cncnc1)Nc1nc(C2CCOCC2)cs1. The summed E-state index contributed by atoms with van der Waals surface area (Å²) in [5, 5.41) is 5.58. The molecular formula is C15H18N4O2S. The smallest absolute Gasteiger partial charge is 0.226 e. The third-order valence-corrected chi connectivity index (χ3v) is 4.44. The highest BCUT2D eigenvalue weighted by Gasteiger charge is 2.19. The molecule has 3 heterocycles. The van der Waals surface area contributed by atoms with Gasteiger partial charge in [0.25, 0.3) is 0 Å². The van der Waals surface area contributed by atoms with Crippen molar-refractivity contribution in [3.63, 3.8) is 0 Å². The van der Waals surface area contributed by atoms with Gasteiger partial charge < -0.3 is 10.1 Å². The summed E-state index contributed by atoms with van der Waals surface area (Å²) in [4.78, 5) is 24.4. The summed E-state index contributed by atoms with van der Waals surface area (Å²) in [6, 6.07) is 0. The van der Waals surface area contributed by atoms with Gasteiger partial charge in [-0.25, -0.2) is 15.0 Å². The van der Waals surface area contributed by atoms with Gasteiger partial charge in [0.1, 0.15) is 6.33 Å². The van der Waals surface area contributed by atoms with Crippen LogP contribution < -0.4 is 5.32 Å². The molecule has 3 rings (SSSR count). The number of nitrogens with zero attached hydrogens (tertiary/aromatic N) is 3. The third-order valence-electron chi connectivity index (χ3n) is 3.66. The van der Waals surface area contributed by atoms with E-state index in [0.717, 1.165) is 37.3 Å². The Morgan fingerprint density at radius 2 is 2.09 bits per heavy atom. The monoisotopic (exact) mass is 318 g/mol. The van der Waals surface area contributed by atoms with Crippen LogP contribution >= 0.6 is 11.3 Å². The molecule has 1 aliphatic rings. The Hall–Kier alpha value is -1.86. The van der Waals surface area contributed by atoms with Crippen LogP contribution in [0.15, 0.2) is 24.1 Å². The number of hydrogen-bond donors (Lipinski definition) is 1. The molecule has 1 saturated heterocycles. The number of carbonyl (C=O) groups is 1. The lowest BCUT2D eigenvalue weighted by molar-refractivity contribution is -0.116. The van der Waals surface area contributed by atoms with E-state index >= 15 is 0 Å². The second-order valence-electron chi connectivity index (χ2n) is 5.26. The van der Waals surface area contributed by atoms with E-state index in [1.165, 1.54) is 17.7 Å². The topological polar surface area (TPSA) is 77.0 Å². The highest BCUT2D eigenvalue weighted by atomic mass is 32.1. The first-order valence-electron chi connectivity index (χ1n) is 7.38. The van der Waals surface area contributed by atoms with Crippen LogP contribution in [0.3, 0.4) is 0 Å². The normalized spacial score (nSPS) is 15.6. The Morgan fingerprint density at radius 1 is 1.32 bits per heavy atom. The number of rotatable bonds is 5. The highest BCUT2D eigenvalue weighted by Crippen LogP contribution is 2.29. The number of aryl methyl sites for hydroxylation is 1. The predicted molar refractivity (Wildman–Crippen MR) is 83.9 cm³/mol. The van der Waals surface area contributed by atoms with E-state index in [4.69, 9.17) is 4.74 Å². The molecule has 0 saturated carbocycles. The molecule has 2 aromatic heterocycles. The molecule has 2 aromatic rings. The van der Waals surface area contributed by atoms with Crippen molar-refractivity contribution in [3.8, 4) is 0 Å². The van der Waals surface area contributed by atoms with Crippen LogP contribution in [0, 0.1) is 0 Å². The fraction of sp³-hybridized carbons (Fsp3) is 0.467. The number of anilines is 1. The summed E-state index contributed by atoms with van der Waals surface area (Å²) in [5.74, 6) is 0.425. The quantitative estimate of drug-likeness (QED) is 0.916. The number of ether oxygens (including phenoxy) is 1. The lowest BCUT2D eigenvalue weighted by atomic mass is 9.98. The average Bonchev–Trinajstić information content (AvgIpc) is 3.03. The molecular weight excluding hydrogens is 300 g/mol. The molecule has 116 valence electrons. The van der Waals surface area contributed by atoms with Crippen LogP contribution in [-0.4, -0.2) is 34.1 Å². The minimum atomic E-state index is -0.0308. The first-order chi connectivity index (χ1) is 10.8. The second-order valence-corrected chi connectivity index (χ2v) is 6.12. The van der Waals surface area contributed by atoms with E-state index in [1.54, 1.807) is 12.4 Å². The summed E-state index contributed by atoms with van der Waals surface area (Å²) in [7, 11) is 0. The molecule has 0 atom stereocenters. The molecule has 1 fully saturated rings. The maximum Gasteiger partial charge on any atom is 0.226 e. The maximum absolute atomic E-state index is 12.0. The van der Waals surface area contributed by atoms with Gasteiger partial charge in [0, 0.05) is 43.3 Å². The Balaban J connectivity index is 1.50. The molecule has 6 nitrogen and oxygen atoms in total. The summed E-state index contributed by atoms with van der Waals surface area (Å²) >= 11 is 1.48. The van der Waals surface area contributed by atoms with Crippen LogP contribution in [0.25, 0.3) is 0 Å². The van der Waals surface area contributed by atoms with Crippen molar-refractivity contribution in [2.75, 3.05) is 18.5 Å². The minimum absolute atomic E-state index is 0.0308. The number of thiazole rings is 1. The van der Waals surface area contributed by atoms with Crippen molar-refractivity contribution in [1.29, 1.82) is 0 Å². The first-order valence-corrected chi connectivity index (χ1v) is 8.26. The number of amides is 1. The zero-order valence-corrected chi connectivity index (χ0v) is 13.0. The molecule has 0 bridgehead atoms. The van der Waals surface area contributed by atoms with Gasteiger partial charge >= 0.3 is 0 Å². The number of carbonyl (C=O) groups excluding carboxylic acids is 1. The highest BCUT2D eigenvalue weighted by molar-refractivity contribution is 7.13. The van der Waals surface area contributed by atoms with Crippen LogP contribution in [0.1, 0.15) is 36.4 Å². The second kappa shape index (κ2) is 7.42. The molecule has 0 aliphatic carbocycles. The summed E-state index contributed by atoms with van der Waals surface area (Å²) in [6.07, 6.45) is 7.98. The van der Waals surface area contributed by atoms with Crippen LogP contribution in [0.2, 0.25) is 0 Å². The lowest BCUT2D eigenvalue weighted by Gasteiger charge is -2.19. The van der Waals surface area contributed by atoms with Crippen molar-refractivity contribution in [1.82, 2.24) is 15.0 Å². The molecule has 22 heavy (non-hydrogen) atoms. The van der Waals surface area contributed by atoms with Gasteiger partial charge in [-0.1, -0.05) is 0 Å². The van der Waals surface area contributed by atoms with E-state index in [-0.39, 0.29) is 5.91 Å². The van der Waals surface area contributed by atoms with Gasteiger partial charge in [0.05, 0.1) is 5.69 Å². The Bertz CT molecular complexity index is 611. The molecule has 7 heteroatoms. The van der Waals surface area contributed by atoms with E-state index in [1.807, 2.05) is 5.38 Å². The molecule has 1 aliphatic heterocycles. The summed E-state index contributed by atoms with van der Waals surface area (Å²) in [6.45, 7) is 1.59. The van der Waals surface area contributed by atoms with Crippen molar-refractivity contribution in [2.24, 2.45) is 0 Å². The van der Waals surface area contributed by atoms with Crippen molar-refractivity contribution >= 4 is 22.4 Å². The molecule has 0 radical (unpaired) electrons. The van der Waals surface area contributed by atoms with E-state index in [9.17, 15) is 4.79 Å². The molecule has 0 spiro atoms. The van der Waals surface area contributed by atoms with Crippen LogP contribution in [0.5, 0.6) is 0 Å². The fourth-order valence-corrected chi connectivity index (χ4v) is 3.23. The van der Waals surface area contributed by atoms with Gasteiger partial charge in [-0.2, -0.15) is 0 Å². The van der Waals surface area contributed by atoms with Gasteiger partial charge in [-0.3, -0.25) is 4.79 Å². The van der Waals surface area contributed by atoms with E-state index < -0.39 is 0 Å². The Kier molecular flexibility index (Phi) is 5.07. The standard InChI is InChI=1S/C15H18N4O2S/c20-14(2-1-11-7-16-10-17-8-11)19-15-18-13(9-22-15)12-3-5-21-6-4-12/h7-10,12H,1-6H2,(H,18,19,20). The van der Waals surface area contributed by atoms with Crippen molar-refractivity contribution in [2.45, 2.75) is 31.6 Å². The van der Waals surface area contributed by atoms with Crippen LogP contribution in [-0.2, 0) is 16.0 Å². The zero-order valence-electron chi connectivity index (χ0n) is 12.2. The molecule has 1 N–H and O–H groups in total. The first kappa shape index (κ1) is 15.1. The maximum atomic E-state index is 12.0. The molecule has 0 unspecified atom stereocenters. The van der Waals surface area contributed by atoms with E-state index in [0.29, 0.717) is 23.9 Å². The lowest BCUT2D eigenvalue weighted by Crippen LogP contribution is -2.15. The van der Waals surface area contributed by atoms with Crippen molar-refractivity contribution in [3.05, 3.63) is 35.4 Å². The number of nitrogens with one attached hydrogen (secondary N) is 1. The third kappa shape index (κ3) is 4.08. The van der Waals surface area contributed by atoms with Gasteiger partial charge in [0.2, 0.25) is 5.91 Å². The van der Waals surface area contributed by atoms with Gasteiger partial charge in [-0.05, 0) is 24.8 Å². The van der Waals surface area contributed by atoms with Gasteiger partial charge in [-0.15, -0.1) is 11.3 Å². The Labute approximate surface area is 133 Å². The van der Waals surface area contributed by atoms with Crippen LogP contribution in [0.4, 0.5) is 5.13 Å². The summed E-state index contributed by atoms with van der Waals surface area (Å²) < 4.78 is 5.36.